The van der Waals surface area contributed by atoms with Crippen LogP contribution in [0, 0.1) is 0 Å². The summed E-state index contributed by atoms with van der Waals surface area (Å²) in [5, 5.41) is 1.13. The second kappa shape index (κ2) is 3.57. The monoisotopic (exact) mass is 235 g/mol. The van der Waals surface area contributed by atoms with Crippen LogP contribution in [0.1, 0.15) is 0 Å². The van der Waals surface area contributed by atoms with Crippen molar-refractivity contribution in [2.24, 2.45) is 0 Å². The molecule has 0 spiro atoms. The van der Waals surface area contributed by atoms with Crippen LogP contribution in [-0.4, -0.2) is 12.1 Å². The molecule has 1 N–H and O–H groups in total. The normalized spacial score (nSPS) is 13.2. The Bertz CT molecular complexity index is 697. The molecule has 1 aromatic heterocycles. The van der Waals surface area contributed by atoms with Crippen LogP contribution >= 0.6 is 0 Å². The Labute approximate surface area is 104 Å². The van der Waals surface area contributed by atoms with Crippen molar-refractivity contribution in [2.75, 3.05) is 0 Å². The first-order chi connectivity index (χ1) is 8.92. The summed E-state index contributed by atoms with van der Waals surface area (Å²) in [7, 11) is -0.362. The molecule has 2 aromatic carbocycles. The molecule has 3 aromatic rings. The third-order valence-electron chi connectivity index (χ3n) is 3.19. The highest BCUT2D eigenvalue weighted by molar-refractivity contribution is 6.66. The van der Waals surface area contributed by atoms with Crippen LogP contribution < -0.4 is 14.8 Å². The molecule has 0 radical (unpaired) electrons. The number of aromatic nitrogens is 1. The summed E-state index contributed by atoms with van der Waals surface area (Å²) in [6.07, 6.45) is 1.95. The van der Waals surface area contributed by atoms with Crippen LogP contribution in [0.15, 0.2) is 54.7 Å². The smallest absolute Gasteiger partial charge is 0.519 e. The zero-order chi connectivity index (χ0) is 11.9. The average Bonchev–Trinajstić information content (AvgIpc) is 3.02. The molecule has 1 aliphatic rings. The van der Waals surface area contributed by atoms with Gasteiger partial charge < -0.3 is 14.3 Å². The van der Waals surface area contributed by atoms with Gasteiger partial charge in [0.2, 0.25) is 0 Å². The van der Waals surface area contributed by atoms with Crippen LogP contribution in [0.3, 0.4) is 0 Å². The number of hydrogen-bond acceptors (Lipinski definition) is 2. The SMILES string of the molecule is c1ccc2c(c1)OB(c1c[nH]c3ccccc13)O2. The van der Waals surface area contributed by atoms with Gasteiger partial charge >= 0.3 is 7.12 Å². The van der Waals surface area contributed by atoms with Crippen LogP contribution in [-0.2, 0) is 0 Å². The number of fused-ring (bicyclic) bond motifs is 2. The Morgan fingerprint density at radius 1 is 0.833 bits per heavy atom. The molecule has 2 heterocycles. The molecule has 0 atom stereocenters. The van der Waals surface area contributed by atoms with Gasteiger partial charge in [-0.15, -0.1) is 0 Å². The number of benzene rings is 2. The van der Waals surface area contributed by atoms with E-state index in [9.17, 15) is 0 Å². The van der Waals surface area contributed by atoms with Gasteiger partial charge in [0.25, 0.3) is 0 Å². The predicted molar refractivity (Wildman–Crippen MR) is 71.4 cm³/mol. The van der Waals surface area contributed by atoms with Gasteiger partial charge in [0.1, 0.15) is 11.5 Å². The standard InChI is InChI=1S/C14H10BNO2/c1-2-6-12-10(5-1)11(9-16-12)15-17-13-7-3-4-8-14(13)18-15/h1-9,16H. The van der Waals surface area contributed by atoms with E-state index in [1.807, 2.05) is 48.7 Å². The molecule has 3 nitrogen and oxygen atoms in total. The summed E-state index contributed by atoms with van der Waals surface area (Å²) >= 11 is 0. The molecule has 0 saturated heterocycles. The van der Waals surface area contributed by atoms with Crippen LogP contribution in [0.5, 0.6) is 11.5 Å². The number of rotatable bonds is 1. The van der Waals surface area contributed by atoms with Crippen molar-refractivity contribution in [3.8, 4) is 11.5 Å². The molecule has 0 saturated carbocycles. The fourth-order valence-electron chi connectivity index (χ4n) is 2.32. The van der Waals surface area contributed by atoms with Gasteiger partial charge in [0.15, 0.2) is 0 Å². The predicted octanol–water partition coefficient (Wildman–Crippen LogP) is 2.33. The first-order valence-electron chi connectivity index (χ1n) is 5.90. The summed E-state index contributed by atoms with van der Waals surface area (Å²) < 4.78 is 11.6. The van der Waals surface area contributed by atoms with E-state index in [1.54, 1.807) is 0 Å². The third kappa shape index (κ3) is 1.32. The fourth-order valence-corrected chi connectivity index (χ4v) is 2.32. The maximum absolute atomic E-state index is 5.82. The third-order valence-corrected chi connectivity index (χ3v) is 3.19. The van der Waals surface area contributed by atoms with Crippen molar-refractivity contribution in [3.05, 3.63) is 54.7 Å². The molecule has 86 valence electrons. The Balaban J connectivity index is 1.78. The van der Waals surface area contributed by atoms with E-state index < -0.39 is 0 Å². The summed E-state index contributed by atoms with van der Waals surface area (Å²) in [5.74, 6) is 1.60. The highest BCUT2D eigenvalue weighted by Gasteiger charge is 2.35. The van der Waals surface area contributed by atoms with Gasteiger partial charge in [-0.25, -0.2) is 0 Å². The van der Waals surface area contributed by atoms with Crippen molar-refractivity contribution in [1.82, 2.24) is 4.98 Å². The lowest BCUT2D eigenvalue weighted by molar-refractivity contribution is 0.519. The first-order valence-corrected chi connectivity index (χ1v) is 5.90. The molecule has 0 unspecified atom stereocenters. The number of nitrogens with one attached hydrogen (secondary N) is 1. The topological polar surface area (TPSA) is 34.2 Å². The molecular formula is C14H10BNO2. The second-order valence-electron chi connectivity index (χ2n) is 4.30. The molecule has 18 heavy (non-hydrogen) atoms. The Morgan fingerprint density at radius 3 is 2.28 bits per heavy atom. The van der Waals surface area contributed by atoms with Crippen molar-refractivity contribution in [3.63, 3.8) is 0 Å². The lowest BCUT2D eigenvalue weighted by Gasteiger charge is -2.02. The Hall–Kier alpha value is -2.36. The number of para-hydroxylation sites is 3. The molecule has 0 fully saturated rings. The van der Waals surface area contributed by atoms with Gasteiger partial charge in [-0.2, -0.15) is 0 Å². The highest BCUT2D eigenvalue weighted by atomic mass is 16.6. The maximum atomic E-state index is 5.82. The molecule has 4 heteroatoms. The summed E-state index contributed by atoms with van der Waals surface area (Å²) in [5.41, 5.74) is 2.12. The van der Waals surface area contributed by atoms with Crippen LogP contribution in [0.4, 0.5) is 0 Å². The summed E-state index contributed by atoms with van der Waals surface area (Å²) in [4.78, 5) is 3.23. The molecule has 0 amide bonds. The lowest BCUT2D eigenvalue weighted by atomic mass is 9.79. The number of H-pyrrole nitrogens is 1. The first kappa shape index (κ1) is 9.65. The van der Waals surface area contributed by atoms with Gasteiger partial charge in [0, 0.05) is 22.6 Å². The van der Waals surface area contributed by atoms with E-state index >= 15 is 0 Å². The van der Waals surface area contributed by atoms with Crippen molar-refractivity contribution < 1.29 is 9.31 Å². The largest absolute Gasteiger partial charge is 0.635 e. The molecule has 4 rings (SSSR count). The quantitative estimate of drug-likeness (QED) is 0.657. The maximum Gasteiger partial charge on any atom is 0.635 e. The van der Waals surface area contributed by atoms with Crippen LogP contribution in [0.2, 0.25) is 0 Å². The second-order valence-corrected chi connectivity index (χ2v) is 4.30. The van der Waals surface area contributed by atoms with E-state index in [-0.39, 0.29) is 7.12 Å². The van der Waals surface area contributed by atoms with E-state index in [1.165, 1.54) is 0 Å². The van der Waals surface area contributed by atoms with E-state index in [0.717, 1.165) is 27.9 Å². The molecule has 1 aliphatic heterocycles. The van der Waals surface area contributed by atoms with E-state index in [2.05, 4.69) is 11.1 Å². The number of hydrogen-bond donors (Lipinski definition) is 1. The molecule has 0 aliphatic carbocycles. The number of aromatic amines is 1. The Morgan fingerprint density at radius 2 is 1.50 bits per heavy atom. The van der Waals surface area contributed by atoms with Crippen LogP contribution in [0.25, 0.3) is 10.9 Å². The zero-order valence-electron chi connectivity index (χ0n) is 9.59. The summed E-state index contributed by atoms with van der Waals surface area (Å²) in [6.45, 7) is 0. The van der Waals surface area contributed by atoms with Crippen molar-refractivity contribution >= 4 is 23.5 Å². The summed E-state index contributed by atoms with van der Waals surface area (Å²) in [6, 6.07) is 15.9. The zero-order valence-corrected chi connectivity index (χ0v) is 9.59. The van der Waals surface area contributed by atoms with E-state index in [0.29, 0.717) is 0 Å². The fraction of sp³-hybridized carbons (Fsp3) is 0. The van der Waals surface area contributed by atoms with Crippen molar-refractivity contribution in [1.29, 1.82) is 0 Å². The van der Waals surface area contributed by atoms with Gasteiger partial charge in [-0.3, -0.25) is 0 Å². The minimum atomic E-state index is -0.362. The minimum absolute atomic E-state index is 0.362. The molecule has 0 bridgehead atoms. The lowest BCUT2D eigenvalue weighted by Crippen LogP contribution is -2.38. The minimum Gasteiger partial charge on any atom is -0.519 e. The average molecular weight is 235 g/mol. The van der Waals surface area contributed by atoms with Crippen molar-refractivity contribution in [2.45, 2.75) is 0 Å². The van der Waals surface area contributed by atoms with E-state index in [4.69, 9.17) is 9.31 Å². The van der Waals surface area contributed by atoms with Gasteiger partial charge in [-0.05, 0) is 18.2 Å². The highest BCUT2D eigenvalue weighted by Crippen LogP contribution is 2.32. The van der Waals surface area contributed by atoms with Gasteiger partial charge in [0.05, 0.1) is 0 Å². The Kier molecular flexibility index (Phi) is 1.91. The molecular weight excluding hydrogens is 225 g/mol. The van der Waals surface area contributed by atoms with Gasteiger partial charge in [-0.1, -0.05) is 30.3 Å².